The minimum atomic E-state index is 0.397. The highest BCUT2D eigenvalue weighted by Crippen LogP contribution is 2.27. The van der Waals surface area contributed by atoms with E-state index in [2.05, 4.69) is 12.2 Å². The highest BCUT2D eigenvalue weighted by atomic mass is 16.3. The van der Waals surface area contributed by atoms with Crippen molar-refractivity contribution in [2.24, 2.45) is 5.92 Å². The lowest BCUT2D eigenvalue weighted by molar-refractivity contribution is 0.376. The normalized spacial score (nSPS) is 18.8. The van der Waals surface area contributed by atoms with E-state index in [4.69, 9.17) is 0 Å². The molecule has 0 spiro atoms. The minimum Gasteiger partial charge on any atom is -0.508 e. The first kappa shape index (κ1) is 11.5. The third-order valence-corrected chi connectivity index (χ3v) is 3.71. The zero-order chi connectivity index (χ0) is 11.4. The van der Waals surface area contributed by atoms with Gasteiger partial charge >= 0.3 is 0 Å². The zero-order valence-corrected chi connectivity index (χ0v) is 9.95. The molecule has 0 bridgehead atoms. The lowest BCUT2D eigenvalue weighted by Crippen LogP contribution is -2.31. The molecule has 1 fully saturated rings. The van der Waals surface area contributed by atoms with Crippen molar-refractivity contribution < 1.29 is 5.11 Å². The van der Waals surface area contributed by atoms with Gasteiger partial charge in [-0.15, -0.1) is 0 Å². The molecule has 1 saturated carbocycles. The van der Waals surface area contributed by atoms with Crippen LogP contribution in [-0.4, -0.2) is 11.1 Å². The molecule has 0 radical (unpaired) electrons. The van der Waals surface area contributed by atoms with E-state index in [1.807, 2.05) is 18.2 Å². The van der Waals surface area contributed by atoms with Gasteiger partial charge in [-0.3, -0.25) is 0 Å². The second-order valence-electron chi connectivity index (χ2n) is 4.84. The lowest BCUT2D eigenvalue weighted by atomic mass is 9.99. The highest BCUT2D eigenvalue weighted by molar-refractivity contribution is 5.31. The Bertz CT molecular complexity index is 331. The van der Waals surface area contributed by atoms with Gasteiger partial charge in [-0.25, -0.2) is 0 Å². The van der Waals surface area contributed by atoms with Crippen LogP contribution in [0.3, 0.4) is 0 Å². The summed E-state index contributed by atoms with van der Waals surface area (Å²) in [5.74, 6) is 1.22. The summed E-state index contributed by atoms with van der Waals surface area (Å²) >= 11 is 0. The molecule has 1 unspecified atom stereocenters. The SMILES string of the molecule is CC(NCc1ccccc1O)C1CCCC1. The van der Waals surface area contributed by atoms with Crippen molar-refractivity contribution in [2.75, 3.05) is 0 Å². The van der Waals surface area contributed by atoms with Crippen LogP contribution in [0.15, 0.2) is 24.3 Å². The fourth-order valence-corrected chi connectivity index (χ4v) is 2.56. The summed E-state index contributed by atoms with van der Waals surface area (Å²) in [6.07, 6.45) is 5.48. The predicted octanol–water partition coefficient (Wildman–Crippen LogP) is 3.06. The van der Waals surface area contributed by atoms with Crippen LogP contribution < -0.4 is 5.32 Å². The van der Waals surface area contributed by atoms with Gasteiger partial charge in [-0.2, -0.15) is 0 Å². The van der Waals surface area contributed by atoms with Crippen molar-refractivity contribution in [1.29, 1.82) is 0 Å². The van der Waals surface area contributed by atoms with Crippen molar-refractivity contribution in [1.82, 2.24) is 5.32 Å². The Morgan fingerprint density at radius 2 is 2.00 bits per heavy atom. The van der Waals surface area contributed by atoms with E-state index in [1.54, 1.807) is 6.07 Å². The summed E-state index contributed by atoms with van der Waals surface area (Å²) < 4.78 is 0. The average molecular weight is 219 g/mol. The third-order valence-electron chi connectivity index (χ3n) is 3.71. The van der Waals surface area contributed by atoms with Crippen LogP contribution in [0.1, 0.15) is 38.2 Å². The number of nitrogens with one attached hydrogen (secondary N) is 1. The first-order valence-electron chi connectivity index (χ1n) is 6.27. The Balaban J connectivity index is 1.84. The van der Waals surface area contributed by atoms with Gasteiger partial charge in [0.05, 0.1) is 0 Å². The number of phenolic OH excluding ortho intramolecular Hbond substituents is 1. The molecule has 2 heteroatoms. The van der Waals surface area contributed by atoms with Gasteiger partial charge in [-0.05, 0) is 31.7 Å². The maximum absolute atomic E-state index is 9.65. The van der Waals surface area contributed by atoms with Crippen LogP contribution in [0.25, 0.3) is 0 Å². The smallest absolute Gasteiger partial charge is 0.120 e. The van der Waals surface area contributed by atoms with Crippen molar-refractivity contribution in [3.8, 4) is 5.75 Å². The lowest BCUT2D eigenvalue weighted by Gasteiger charge is -2.20. The van der Waals surface area contributed by atoms with E-state index in [9.17, 15) is 5.11 Å². The molecule has 88 valence electrons. The molecule has 1 aliphatic rings. The predicted molar refractivity (Wildman–Crippen MR) is 66.4 cm³/mol. The third kappa shape index (κ3) is 2.76. The second-order valence-corrected chi connectivity index (χ2v) is 4.84. The Morgan fingerprint density at radius 3 is 2.69 bits per heavy atom. The quantitative estimate of drug-likeness (QED) is 0.815. The van der Waals surface area contributed by atoms with Crippen molar-refractivity contribution in [3.05, 3.63) is 29.8 Å². The van der Waals surface area contributed by atoms with Crippen LogP contribution in [0.4, 0.5) is 0 Å². The molecule has 2 rings (SSSR count). The first-order chi connectivity index (χ1) is 7.77. The Hall–Kier alpha value is -1.02. The summed E-state index contributed by atoms with van der Waals surface area (Å²) in [5, 5.41) is 13.2. The number of phenols is 1. The van der Waals surface area contributed by atoms with E-state index in [0.29, 0.717) is 11.8 Å². The summed E-state index contributed by atoms with van der Waals surface area (Å²) in [4.78, 5) is 0. The molecule has 1 aromatic carbocycles. The van der Waals surface area contributed by atoms with Crippen molar-refractivity contribution >= 4 is 0 Å². The molecule has 1 atom stereocenters. The number of aromatic hydroxyl groups is 1. The van der Waals surface area contributed by atoms with Gasteiger partial charge in [0, 0.05) is 18.2 Å². The van der Waals surface area contributed by atoms with Crippen LogP contribution in [0, 0.1) is 5.92 Å². The summed E-state index contributed by atoms with van der Waals surface area (Å²) in [7, 11) is 0. The fraction of sp³-hybridized carbons (Fsp3) is 0.571. The summed E-state index contributed by atoms with van der Waals surface area (Å²) in [6, 6.07) is 8.11. The number of rotatable bonds is 4. The largest absolute Gasteiger partial charge is 0.508 e. The van der Waals surface area contributed by atoms with Gasteiger partial charge < -0.3 is 10.4 Å². The zero-order valence-electron chi connectivity index (χ0n) is 9.95. The van der Waals surface area contributed by atoms with Crippen molar-refractivity contribution in [2.45, 2.75) is 45.2 Å². The van der Waals surface area contributed by atoms with E-state index >= 15 is 0 Å². The molecule has 0 saturated heterocycles. The number of para-hydroxylation sites is 1. The number of hydrogen-bond donors (Lipinski definition) is 2. The van der Waals surface area contributed by atoms with Crippen LogP contribution in [-0.2, 0) is 6.54 Å². The van der Waals surface area contributed by atoms with Crippen LogP contribution >= 0.6 is 0 Å². The molecule has 0 heterocycles. The minimum absolute atomic E-state index is 0.397. The molecule has 0 aromatic heterocycles. The maximum Gasteiger partial charge on any atom is 0.120 e. The molecule has 2 N–H and O–H groups in total. The Morgan fingerprint density at radius 1 is 1.31 bits per heavy atom. The van der Waals surface area contributed by atoms with Crippen molar-refractivity contribution in [3.63, 3.8) is 0 Å². The molecule has 0 aliphatic heterocycles. The average Bonchev–Trinajstić information content (AvgIpc) is 2.81. The van der Waals surface area contributed by atoms with Gasteiger partial charge in [0.1, 0.15) is 5.75 Å². The van der Waals surface area contributed by atoms with Gasteiger partial charge in [0.15, 0.2) is 0 Å². The van der Waals surface area contributed by atoms with E-state index in [0.717, 1.165) is 18.0 Å². The fourth-order valence-electron chi connectivity index (χ4n) is 2.56. The van der Waals surface area contributed by atoms with E-state index < -0.39 is 0 Å². The summed E-state index contributed by atoms with van der Waals surface area (Å²) in [6.45, 7) is 3.03. The van der Waals surface area contributed by atoms with Gasteiger partial charge in [0.25, 0.3) is 0 Å². The maximum atomic E-state index is 9.65. The van der Waals surface area contributed by atoms with Crippen LogP contribution in [0.5, 0.6) is 5.75 Å². The van der Waals surface area contributed by atoms with E-state index in [-0.39, 0.29) is 0 Å². The standard InChI is InChI=1S/C14H21NO/c1-11(12-6-2-3-7-12)15-10-13-8-4-5-9-14(13)16/h4-5,8-9,11-12,15-16H,2-3,6-7,10H2,1H3. The van der Waals surface area contributed by atoms with E-state index in [1.165, 1.54) is 25.7 Å². The highest BCUT2D eigenvalue weighted by Gasteiger charge is 2.20. The Kier molecular flexibility index (Phi) is 3.83. The number of benzene rings is 1. The molecule has 1 aromatic rings. The summed E-state index contributed by atoms with van der Waals surface area (Å²) in [5.41, 5.74) is 0.993. The topological polar surface area (TPSA) is 32.3 Å². The molecular weight excluding hydrogens is 198 g/mol. The van der Waals surface area contributed by atoms with Gasteiger partial charge in [-0.1, -0.05) is 31.0 Å². The first-order valence-corrected chi connectivity index (χ1v) is 6.27. The molecule has 1 aliphatic carbocycles. The second kappa shape index (κ2) is 5.35. The number of hydrogen-bond acceptors (Lipinski definition) is 2. The Labute approximate surface area is 97.7 Å². The molecule has 0 amide bonds. The van der Waals surface area contributed by atoms with Gasteiger partial charge in [0.2, 0.25) is 0 Å². The molecular formula is C14H21NO. The monoisotopic (exact) mass is 219 g/mol. The van der Waals surface area contributed by atoms with Crippen LogP contribution in [0.2, 0.25) is 0 Å². The molecule has 2 nitrogen and oxygen atoms in total. The molecule has 16 heavy (non-hydrogen) atoms.